The van der Waals surface area contributed by atoms with Gasteiger partial charge in [0.05, 0.1) is 0 Å². The molecule has 24 heavy (non-hydrogen) atoms. The smallest absolute Gasteiger partial charge is 0.326 e. The molecule has 2 rings (SSSR count). The molecule has 2 N–H and O–H groups in total. The van der Waals surface area contributed by atoms with Crippen LogP contribution in [0.1, 0.15) is 28.7 Å². The lowest BCUT2D eigenvalue weighted by Gasteiger charge is -2.17. The monoisotopic (exact) mass is 325 g/mol. The lowest BCUT2D eigenvalue weighted by atomic mass is 9.96. The highest BCUT2D eigenvalue weighted by Gasteiger charge is 2.21. The summed E-state index contributed by atoms with van der Waals surface area (Å²) in [5.41, 5.74) is 4.13. The van der Waals surface area contributed by atoms with Crippen LogP contribution in [0.15, 0.2) is 48.5 Å². The van der Waals surface area contributed by atoms with Gasteiger partial charge in [0, 0.05) is 12.8 Å². The minimum atomic E-state index is -1.01. The van der Waals surface area contributed by atoms with Crippen molar-refractivity contribution in [2.75, 3.05) is 0 Å². The lowest BCUT2D eigenvalue weighted by Crippen LogP contribution is -2.42. The first-order valence-corrected chi connectivity index (χ1v) is 8.08. The number of carboxylic acid groups (broad SMARTS) is 1. The molecule has 0 saturated heterocycles. The molecule has 2 aromatic carbocycles. The minimum Gasteiger partial charge on any atom is -0.480 e. The van der Waals surface area contributed by atoms with E-state index in [0.717, 1.165) is 22.3 Å². The van der Waals surface area contributed by atoms with Gasteiger partial charge in [0.15, 0.2) is 0 Å². The Morgan fingerprint density at radius 3 is 2.21 bits per heavy atom. The van der Waals surface area contributed by atoms with Crippen molar-refractivity contribution in [2.24, 2.45) is 0 Å². The topological polar surface area (TPSA) is 66.4 Å². The zero-order valence-electron chi connectivity index (χ0n) is 14.1. The summed E-state index contributed by atoms with van der Waals surface area (Å²) in [6, 6.07) is 14.6. The van der Waals surface area contributed by atoms with Crippen LogP contribution in [0.25, 0.3) is 0 Å². The van der Waals surface area contributed by atoms with E-state index in [1.54, 1.807) is 0 Å². The number of aliphatic carboxylic acids is 1. The van der Waals surface area contributed by atoms with E-state index in [2.05, 4.69) is 5.32 Å². The molecule has 0 spiro atoms. The van der Waals surface area contributed by atoms with Crippen molar-refractivity contribution in [1.82, 2.24) is 5.32 Å². The number of amides is 1. The molecule has 1 amide bonds. The zero-order chi connectivity index (χ0) is 17.5. The Balaban J connectivity index is 1.98. The van der Waals surface area contributed by atoms with Crippen molar-refractivity contribution in [2.45, 2.75) is 39.2 Å². The molecule has 0 heterocycles. The summed E-state index contributed by atoms with van der Waals surface area (Å²) in [4.78, 5) is 23.6. The molecule has 0 saturated carbocycles. The summed E-state index contributed by atoms with van der Waals surface area (Å²) in [7, 11) is 0. The summed E-state index contributed by atoms with van der Waals surface area (Å²) in [5.74, 6) is -1.25. The molecule has 4 heteroatoms. The molecule has 0 aromatic heterocycles. The summed E-state index contributed by atoms with van der Waals surface area (Å²) >= 11 is 0. The number of carbonyl (C=O) groups excluding carboxylic acids is 1. The van der Waals surface area contributed by atoms with Crippen LogP contribution in [0.2, 0.25) is 0 Å². The molecule has 0 radical (unpaired) electrons. The molecule has 126 valence electrons. The predicted molar refractivity (Wildman–Crippen MR) is 93.9 cm³/mol. The van der Waals surface area contributed by atoms with Gasteiger partial charge in [0.25, 0.3) is 0 Å². The van der Waals surface area contributed by atoms with Gasteiger partial charge in [-0.15, -0.1) is 0 Å². The van der Waals surface area contributed by atoms with Gasteiger partial charge in [-0.1, -0.05) is 48.5 Å². The third-order valence-electron chi connectivity index (χ3n) is 4.17. The first-order valence-electron chi connectivity index (χ1n) is 8.08. The van der Waals surface area contributed by atoms with E-state index in [0.29, 0.717) is 12.8 Å². The van der Waals surface area contributed by atoms with E-state index in [1.165, 1.54) is 0 Å². The summed E-state index contributed by atoms with van der Waals surface area (Å²) in [6.07, 6.45) is 1.17. The van der Waals surface area contributed by atoms with Crippen LogP contribution in [-0.4, -0.2) is 23.0 Å². The van der Waals surface area contributed by atoms with Crippen LogP contribution < -0.4 is 5.32 Å². The van der Waals surface area contributed by atoms with Crippen LogP contribution >= 0.6 is 0 Å². The first kappa shape index (κ1) is 17.7. The third kappa shape index (κ3) is 4.95. The molecule has 2 aromatic rings. The standard InChI is InChI=1S/C20H23NO3/c1-14-7-6-8-15(2)17(14)13-18(20(23)24)21-19(22)12-11-16-9-4-3-5-10-16/h3-10,18H,11-13H2,1-2H3,(H,21,22)(H,23,24)/t18-/m1/s1. The molecule has 0 aliphatic carbocycles. The largest absolute Gasteiger partial charge is 0.480 e. The van der Waals surface area contributed by atoms with Gasteiger partial charge in [-0.3, -0.25) is 4.79 Å². The lowest BCUT2D eigenvalue weighted by molar-refractivity contribution is -0.141. The Morgan fingerprint density at radius 2 is 1.62 bits per heavy atom. The molecule has 4 nitrogen and oxygen atoms in total. The first-order chi connectivity index (χ1) is 11.5. The number of hydrogen-bond donors (Lipinski definition) is 2. The number of carbonyl (C=O) groups is 2. The van der Waals surface area contributed by atoms with Crippen molar-refractivity contribution in [1.29, 1.82) is 0 Å². The van der Waals surface area contributed by atoms with Gasteiger partial charge in [-0.05, 0) is 42.5 Å². The highest BCUT2D eigenvalue weighted by molar-refractivity contribution is 5.84. The third-order valence-corrected chi connectivity index (χ3v) is 4.17. The fourth-order valence-corrected chi connectivity index (χ4v) is 2.74. The number of hydrogen-bond acceptors (Lipinski definition) is 2. The van der Waals surface area contributed by atoms with Gasteiger partial charge in [-0.2, -0.15) is 0 Å². The minimum absolute atomic E-state index is 0.238. The van der Waals surface area contributed by atoms with Crippen LogP contribution in [-0.2, 0) is 22.4 Å². The van der Waals surface area contributed by atoms with Gasteiger partial charge in [0.1, 0.15) is 6.04 Å². The molecular formula is C20H23NO3. The second kappa shape index (κ2) is 8.29. The van der Waals surface area contributed by atoms with E-state index >= 15 is 0 Å². The van der Waals surface area contributed by atoms with Crippen molar-refractivity contribution >= 4 is 11.9 Å². The van der Waals surface area contributed by atoms with Crippen LogP contribution in [0.3, 0.4) is 0 Å². The van der Waals surface area contributed by atoms with Gasteiger partial charge >= 0.3 is 5.97 Å². The maximum absolute atomic E-state index is 12.1. The highest BCUT2D eigenvalue weighted by Crippen LogP contribution is 2.15. The van der Waals surface area contributed by atoms with E-state index in [1.807, 2.05) is 62.4 Å². The summed E-state index contributed by atoms with van der Waals surface area (Å²) < 4.78 is 0. The van der Waals surface area contributed by atoms with E-state index in [4.69, 9.17) is 0 Å². The fraction of sp³-hybridized carbons (Fsp3) is 0.300. The van der Waals surface area contributed by atoms with Crippen molar-refractivity contribution in [3.63, 3.8) is 0 Å². The molecule has 1 atom stereocenters. The molecule has 0 aliphatic heterocycles. The number of benzene rings is 2. The van der Waals surface area contributed by atoms with Gasteiger partial charge in [0.2, 0.25) is 5.91 Å². The molecule has 0 unspecified atom stereocenters. The number of nitrogens with one attached hydrogen (secondary N) is 1. The molecular weight excluding hydrogens is 302 g/mol. The Hall–Kier alpha value is -2.62. The van der Waals surface area contributed by atoms with Crippen molar-refractivity contribution < 1.29 is 14.7 Å². The average molecular weight is 325 g/mol. The molecule has 0 fully saturated rings. The Kier molecular flexibility index (Phi) is 6.13. The number of rotatable bonds is 7. The SMILES string of the molecule is Cc1cccc(C)c1C[C@@H](NC(=O)CCc1ccccc1)C(=O)O. The average Bonchev–Trinajstić information content (AvgIpc) is 2.56. The molecule has 0 aliphatic rings. The van der Waals surface area contributed by atoms with E-state index in [-0.39, 0.29) is 12.3 Å². The van der Waals surface area contributed by atoms with Crippen LogP contribution in [0.4, 0.5) is 0 Å². The number of carboxylic acids is 1. The van der Waals surface area contributed by atoms with Crippen molar-refractivity contribution in [3.8, 4) is 0 Å². The van der Waals surface area contributed by atoms with E-state index < -0.39 is 12.0 Å². The number of aryl methyl sites for hydroxylation is 3. The predicted octanol–water partition coefficient (Wildman–Crippen LogP) is 3.05. The Labute approximate surface area is 142 Å². The Morgan fingerprint density at radius 1 is 1.00 bits per heavy atom. The normalized spacial score (nSPS) is 11.8. The van der Waals surface area contributed by atoms with Crippen LogP contribution in [0, 0.1) is 13.8 Å². The fourth-order valence-electron chi connectivity index (χ4n) is 2.74. The second-order valence-electron chi connectivity index (χ2n) is 6.02. The summed E-state index contributed by atoms with van der Waals surface area (Å²) in [6.45, 7) is 3.91. The maximum Gasteiger partial charge on any atom is 0.326 e. The zero-order valence-corrected chi connectivity index (χ0v) is 14.1. The quantitative estimate of drug-likeness (QED) is 0.822. The van der Waals surface area contributed by atoms with E-state index in [9.17, 15) is 14.7 Å². The maximum atomic E-state index is 12.1. The molecule has 0 bridgehead atoms. The Bertz CT molecular complexity index is 690. The summed E-state index contributed by atoms with van der Waals surface area (Å²) in [5, 5.41) is 12.1. The van der Waals surface area contributed by atoms with Crippen LogP contribution in [0.5, 0.6) is 0 Å². The highest BCUT2D eigenvalue weighted by atomic mass is 16.4. The van der Waals surface area contributed by atoms with Gasteiger partial charge in [-0.25, -0.2) is 4.79 Å². The second-order valence-corrected chi connectivity index (χ2v) is 6.02. The van der Waals surface area contributed by atoms with Crippen molar-refractivity contribution in [3.05, 3.63) is 70.8 Å². The van der Waals surface area contributed by atoms with Gasteiger partial charge < -0.3 is 10.4 Å².